The smallest absolute Gasteiger partial charge is 0.462 e. The van der Waals surface area contributed by atoms with Crippen molar-refractivity contribution in [2.24, 2.45) is 11.8 Å². The second-order valence-corrected chi connectivity index (χ2v) is 23.3. The molecule has 1 fully saturated rings. The molecule has 420 valence electrons. The van der Waals surface area contributed by atoms with Crippen molar-refractivity contribution in [3.05, 3.63) is 22.7 Å². The van der Waals surface area contributed by atoms with E-state index in [1.807, 2.05) is 0 Å². The number of aromatic nitrogens is 2. The number of hydrogen-bond acceptors (Lipinski definition) is 15. The minimum Gasteiger partial charge on any atom is -0.462 e. The number of anilines is 1. The molecule has 0 bridgehead atoms. The Morgan fingerprint density at radius 2 is 1.07 bits per heavy atom. The third-order valence-corrected chi connectivity index (χ3v) is 16.4. The fraction of sp³-hybridized carbons (Fsp3) is 0.885. The van der Waals surface area contributed by atoms with Crippen LogP contribution in [0, 0.1) is 11.8 Å². The number of aliphatic hydroxyl groups excluding tert-OH is 2. The van der Waals surface area contributed by atoms with Crippen LogP contribution in [0.15, 0.2) is 17.1 Å². The van der Waals surface area contributed by atoms with Crippen molar-refractivity contribution in [2.75, 3.05) is 25.6 Å². The monoisotopic (exact) mass is 1070 g/mol. The molecule has 2 heterocycles. The average Bonchev–Trinajstić information content (AvgIpc) is 3.62. The van der Waals surface area contributed by atoms with Crippen LogP contribution in [0.1, 0.15) is 239 Å². The Balaban J connectivity index is 1.72. The lowest BCUT2D eigenvalue weighted by molar-refractivity contribution is -0.161. The maximum absolute atomic E-state index is 12.9. The Kier molecular flexibility index (Phi) is 35.8. The summed E-state index contributed by atoms with van der Waals surface area (Å²) < 4.78 is 56.9. The summed E-state index contributed by atoms with van der Waals surface area (Å²) in [5.74, 6) is 0.361. The number of aliphatic hydroxyl groups is 2. The van der Waals surface area contributed by atoms with E-state index in [0.717, 1.165) is 61.3 Å². The Hall–Kier alpha value is -2.24. The van der Waals surface area contributed by atoms with E-state index in [-0.39, 0.29) is 18.7 Å². The van der Waals surface area contributed by atoms with Gasteiger partial charge < -0.3 is 39.9 Å². The zero-order valence-corrected chi connectivity index (χ0v) is 46.4. The first-order valence-electron chi connectivity index (χ1n) is 27.8. The van der Waals surface area contributed by atoms with Crippen LogP contribution in [-0.2, 0) is 46.3 Å². The van der Waals surface area contributed by atoms with Crippen molar-refractivity contribution in [1.29, 1.82) is 0 Å². The van der Waals surface area contributed by atoms with Gasteiger partial charge in [-0.3, -0.25) is 23.2 Å². The molecule has 1 aliphatic rings. The van der Waals surface area contributed by atoms with Crippen LogP contribution in [0.2, 0.25) is 0 Å². The molecule has 20 heteroatoms. The van der Waals surface area contributed by atoms with E-state index >= 15 is 0 Å². The van der Waals surface area contributed by atoms with Gasteiger partial charge >= 0.3 is 33.3 Å². The van der Waals surface area contributed by atoms with E-state index in [1.165, 1.54) is 147 Å². The number of esters is 2. The molecule has 0 aliphatic carbocycles. The van der Waals surface area contributed by atoms with Crippen molar-refractivity contribution >= 4 is 33.4 Å². The lowest BCUT2D eigenvalue weighted by atomic mass is 9.99. The molecule has 1 aromatic heterocycles. The van der Waals surface area contributed by atoms with Gasteiger partial charge in [0.1, 0.15) is 30.7 Å². The van der Waals surface area contributed by atoms with E-state index in [1.54, 1.807) is 0 Å². The van der Waals surface area contributed by atoms with Gasteiger partial charge in [0.05, 0.1) is 13.2 Å². The normalized spacial score (nSPS) is 19.9. The molecule has 1 aromatic rings. The molecule has 9 atom stereocenters. The SMILES string of the molecule is CCC(C)CCCCCCCCCCCCCCCCCCCCC(=O)OC[C@H](COP(=O)(O)OP(=O)(O)OC[C@H]1O[C@@H](n2ccc(N)nc2=O)C(O)[C@H]1O)OC(=O)CCCCCCCCCCC(C)CC. The standard InChI is InChI=1S/C52H97N3O15P2/c1-5-42(3)33-29-25-21-17-15-13-11-9-7-8-10-12-14-16-18-23-27-31-35-47(56)65-39-44(68-48(57)36-32-28-24-20-19-22-26-30-34-43(4)6-2)40-66-71(61,62)70-72(63,64)67-41-45-49(58)50(59)51(69-45)55-38-37-46(53)54-52(55)60/h37-38,42-45,49-51,58-59H,5-36,39-41H2,1-4H3,(H,61,62)(H,63,64)(H2,53,54,60)/t42?,43?,44-,45-,49+,50?,51-/m1/s1. The lowest BCUT2D eigenvalue weighted by Gasteiger charge is -2.21. The van der Waals surface area contributed by atoms with Gasteiger partial charge in [0.2, 0.25) is 0 Å². The number of phosphoric ester groups is 2. The van der Waals surface area contributed by atoms with Crippen LogP contribution in [-0.4, -0.2) is 85.7 Å². The lowest BCUT2D eigenvalue weighted by Crippen LogP contribution is -2.36. The molecule has 2 rings (SSSR count). The molecule has 1 saturated heterocycles. The van der Waals surface area contributed by atoms with Gasteiger partial charge in [0.15, 0.2) is 12.3 Å². The van der Waals surface area contributed by atoms with E-state index in [4.69, 9.17) is 29.0 Å². The number of carbonyl (C=O) groups excluding carboxylic acids is 2. The minimum absolute atomic E-state index is 0.0551. The number of phosphoric acid groups is 2. The van der Waals surface area contributed by atoms with Gasteiger partial charge in [-0.2, -0.15) is 9.29 Å². The third-order valence-electron chi connectivity index (χ3n) is 13.8. The first-order chi connectivity index (χ1) is 34.5. The van der Waals surface area contributed by atoms with Crippen molar-refractivity contribution in [3.8, 4) is 0 Å². The summed E-state index contributed by atoms with van der Waals surface area (Å²) in [6.07, 6.45) is 29.1. The average molecular weight is 1070 g/mol. The molecule has 0 saturated carbocycles. The van der Waals surface area contributed by atoms with Crippen LogP contribution in [0.5, 0.6) is 0 Å². The van der Waals surface area contributed by atoms with Crippen LogP contribution < -0.4 is 11.4 Å². The highest BCUT2D eigenvalue weighted by Crippen LogP contribution is 2.60. The zero-order valence-electron chi connectivity index (χ0n) is 44.6. The minimum atomic E-state index is -5.42. The summed E-state index contributed by atoms with van der Waals surface area (Å²) in [6.45, 7) is 6.86. The van der Waals surface area contributed by atoms with E-state index in [2.05, 4.69) is 37.0 Å². The summed E-state index contributed by atoms with van der Waals surface area (Å²) in [5.41, 5.74) is 4.60. The Morgan fingerprint density at radius 1 is 0.653 bits per heavy atom. The van der Waals surface area contributed by atoms with Crippen LogP contribution in [0.4, 0.5) is 5.82 Å². The molecule has 5 unspecified atom stereocenters. The summed E-state index contributed by atoms with van der Waals surface area (Å²) in [6, 6.07) is 1.25. The maximum atomic E-state index is 12.9. The highest BCUT2D eigenvalue weighted by molar-refractivity contribution is 7.61. The topological polar surface area (TPSA) is 265 Å². The third kappa shape index (κ3) is 31.6. The highest BCUT2D eigenvalue weighted by Gasteiger charge is 2.46. The number of carbonyl (C=O) groups is 2. The number of unbranched alkanes of at least 4 members (excludes halogenated alkanes) is 24. The van der Waals surface area contributed by atoms with Gasteiger partial charge in [-0.1, -0.05) is 207 Å². The van der Waals surface area contributed by atoms with Crippen molar-refractivity contribution in [3.63, 3.8) is 0 Å². The molecule has 0 aromatic carbocycles. The molecule has 18 nitrogen and oxygen atoms in total. The van der Waals surface area contributed by atoms with E-state index in [9.17, 15) is 43.5 Å². The van der Waals surface area contributed by atoms with Gasteiger partial charge in [-0.05, 0) is 30.7 Å². The van der Waals surface area contributed by atoms with Gasteiger partial charge in [0, 0.05) is 19.0 Å². The van der Waals surface area contributed by atoms with Gasteiger partial charge in [0.25, 0.3) is 0 Å². The second-order valence-electron chi connectivity index (χ2n) is 20.3. The molecule has 72 heavy (non-hydrogen) atoms. The predicted molar refractivity (Wildman–Crippen MR) is 280 cm³/mol. The molecule has 0 spiro atoms. The number of hydrogen-bond donors (Lipinski definition) is 5. The summed E-state index contributed by atoms with van der Waals surface area (Å²) in [4.78, 5) is 62.0. The number of nitrogen functional groups attached to an aromatic ring is 1. The Labute approximate surface area is 431 Å². The zero-order chi connectivity index (χ0) is 53.0. The molecule has 1 aliphatic heterocycles. The largest absolute Gasteiger partial charge is 0.481 e. The first-order valence-corrected chi connectivity index (χ1v) is 30.8. The molecule has 0 radical (unpaired) electrons. The van der Waals surface area contributed by atoms with Crippen LogP contribution in [0.3, 0.4) is 0 Å². The molecular formula is C52H97N3O15P2. The Morgan fingerprint density at radius 3 is 1.51 bits per heavy atom. The fourth-order valence-electron chi connectivity index (χ4n) is 8.68. The summed E-state index contributed by atoms with van der Waals surface area (Å²) in [7, 11) is -10.8. The number of ether oxygens (including phenoxy) is 3. The molecule has 6 N–H and O–H groups in total. The Bertz CT molecular complexity index is 1740. The highest BCUT2D eigenvalue weighted by atomic mass is 31.3. The fourth-order valence-corrected chi connectivity index (χ4v) is 10.8. The van der Waals surface area contributed by atoms with Gasteiger partial charge in [-0.15, -0.1) is 0 Å². The maximum Gasteiger partial charge on any atom is 0.481 e. The van der Waals surface area contributed by atoms with Crippen LogP contribution in [0.25, 0.3) is 0 Å². The molecular weight excluding hydrogens is 969 g/mol. The number of rotatable bonds is 46. The first kappa shape index (κ1) is 65.9. The van der Waals surface area contributed by atoms with Crippen molar-refractivity contribution in [1.82, 2.24) is 9.55 Å². The van der Waals surface area contributed by atoms with Crippen molar-refractivity contribution in [2.45, 2.75) is 264 Å². The summed E-state index contributed by atoms with van der Waals surface area (Å²) >= 11 is 0. The number of nitrogens with two attached hydrogens (primary N) is 1. The van der Waals surface area contributed by atoms with Gasteiger partial charge in [-0.25, -0.2) is 13.9 Å². The molecule has 0 amide bonds. The second kappa shape index (κ2) is 39.2. The van der Waals surface area contributed by atoms with Crippen LogP contribution >= 0.6 is 15.6 Å². The summed E-state index contributed by atoms with van der Waals surface area (Å²) in [5, 5.41) is 20.9. The van der Waals surface area contributed by atoms with Crippen molar-refractivity contribution < 1.29 is 66.3 Å². The van der Waals surface area contributed by atoms with E-state index < -0.39 is 83.7 Å². The van der Waals surface area contributed by atoms with E-state index in [0.29, 0.717) is 12.8 Å². The quantitative estimate of drug-likeness (QED) is 0.0231. The number of nitrogens with zero attached hydrogens (tertiary/aromatic N) is 2. The predicted octanol–water partition coefficient (Wildman–Crippen LogP) is 11.9.